The lowest BCUT2D eigenvalue weighted by atomic mass is 9.73. The molecule has 2 heterocycles. The minimum absolute atomic E-state index is 0.297. The molecule has 5 heteroatoms. The van der Waals surface area contributed by atoms with E-state index >= 15 is 0 Å². The van der Waals surface area contributed by atoms with E-state index in [-0.39, 0.29) is 12.1 Å². The van der Waals surface area contributed by atoms with E-state index in [0.717, 1.165) is 12.8 Å². The number of ether oxygens (including phenoxy) is 2. The van der Waals surface area contributed by atoms with Crippen LogP contribution in [-0.2, 0) is 14.3 Å². The van der Waals surface area contributed by atoms with Crippen LogP contribution < -0.4 is 0 Å². The van der Waals surface area contributed by atoms with Gasteiger partial charge >= 0.3 is 12.1 Å². The highest BCUT2D eigenvalue weighted by atomic mass is 16.6. The largest absolute Gasteiger partial charge is 0.467 e. The fraction of sp³-hybridized carbons (Fsp3) is 0.833. The maximum atomic E-state index is 11.9. The van der Waals surface area contributed by atoms with Gasteiger partial charge in [-0.25, -0.2) is 9.59 Å². The number of esters is 1. The van der Waals surface area contributed by atoms with Crippen LogP contribution in [0.5, 0.6) is 0 Å². The Balaban J connectivity index is 2.01. The van der Waals surface area contributed by atoms with Gasteiger partial charge < -0.3 is 9.47 Å². The number of amides is 1. The van der Waals surface area contributed by atoms with Gasteiger partial charge in [0.05, 0.1) is 13.7 Å². The summed E-state index contributed by atoms with van der Waals surface area (Å²) in [7, 11) is 1.36. The van der Waals surface area contributed by atoms with Gasteiger partial charge in [-0.1, -0.05) is 13.8 Å². The Morgan fingerprint density at radius 3 is 2.59 bits per heavy atom. The third kappa shape index (κ3) is 1.87. The summed E-state index contributed by atoms with van der Waals surface area (Å²) in [5.74, 6) is 0.416. The molecule has 96 valence electrons. The van der Waals surface area contributed by atoms with E-state index in [4.69, 9.17) is 9.47 Å². The molecular formula is C12H19NO4. The van der Waals surface area contributed by atoms with E-state index in [1.165, 1.54) is 7.11 Å². The molecule has 0 aromatic heterocycles. The van der Waals surface area contributed by atoms with Gasteiger partial charge in [-0.2, -0.15) is 0 Å². The lowest BCUT2D eigenvalue weighted by Crippen LogP contribution is -2.55. The fourth-order valence-corrected chi connectivity index (χ4v) is 2.71. The minimum Gasteiger partial charge on any atom is -0.467 e. The highest BCUT2D eigenvalue weighted by Crippen LogP contribution is 2.51. The van der Waals surface area contributed by atoms with Crippen molar-refractivity contribution >= 4 is 12.1 Å². The first-order valence-electron chi connectivity index (χ1n) is 6.02. The molecule has 0 unspecified atom stereocenters. The molecule has 0 N–H and O–H groups in total. The first kappa shape index (κ1) is 12.2. The summed E-state index contributed by atoms with van der Waals surface area (Å²) in [6, 6.07) is 0. The Morgan fingerprint density at radius 2 is 2.06 bits per heavy atom. The molecule has 0 radical (unpaired) electrons. The molecule has 0 aromatic rings. The van der Waals surface area contributed by atoms with Gasteiger partial charge in [0.1, 0.15) is 5.54 Å². The van der Waals surface area contributed by atoms with Crippen molar-refractivity contribution in [1.82, 2.24) is 4.90 Å². The predicted octanol–water partition coefficient (Wildman–Crippen LogP) is 1.42. The summed E-state index contributed by atoms with van der Waals surface area (Å²) >= 11 is 0. The molecular weight excluding hydrogens is 222 g/mol. The molecule has 1 amide bonds. The van der Waals surface area contributed by atoms with Gasteiger partial charge in [-0.05, 0) is 24.7 Å². The lowest BCUT2D eigenvalue weighted by molar-refractivity contribution is -0.155. The second kappa shape index (κ2) is 4.20. The van der Waals surface area contributed by atoms with Gasteiger partial charge in [-0.3, -0.25) is 4.90 Å². The van der Waals surface area contributed by atoms with E-state index < -0.39 is 5.54 Å². The van der Waals surface area contributed by atoms with Crippen molar-refractivity contribution in [3.8, 4) is 0 Å². The average molecular weight is 241 g/mol. The summed E-state index contributed by atoms with van der Waals surface area (Å²) in [5, 5.41) is 0. The van der Waals surface area contributed by atoms with E-state index in [2.05, 4.69) is 0 Å². The molecule has 3 rings (SSSR count). The fourth-order valence-electron chi connectivity index (χ4n) is 2.71. The predicted molar refractivity (Wildman–Crippen MR) is 60.4 cm³/mol. The molecule has 0 aromatic carbocycles. The zero-order valence-electron chi connectivity index (χ0n) is 10.6. The maximum absolute atomic E-state index is 11.9. The Hall–Kier alpha value is -1.26. The molecule has 1 aliphatic carbocycles. The monoisotopic (exact) mass is 241 g/mol. The number of carbonyl (C=O) groups is 2. The number of hydrogen-bond acceptors (Lipinski definition) is 4. The quantitative estimate of drug-likeness (QED) is 0.701. The van der Waals surface area contributed by atoms with Crippen LogP contribution in [0.4, 0.5) is 4.79 Å². The second-order valence-corrected chi connectivity index (χ2v) is 5.38. The zero-order chi connectivity index (χ0) is 12.6. The first-order valence-corrected chi connectivity index (χ1v) is 6.02. The van der Waals surface area contributed by atoms with Crippen molar-refractivity contribution in [2.24, 2.45) is 11.8 Å². The van der Waals surface area contributed by atoms with Gasteiger partial charge in [0, 0.05) is 6.54 Å². The van der Waals surface area contributed by atoms with Crippen molar-refractivity contribution in [1.29, 1.82) is 0 Å². The van der Waals surface area contributed by atoms with Crippen LogP contribution in [0.15, 0.2) is 0 Å². The Bertz CT molecular complexity index is 333. The third-order valence-corrected chi connectivity index (χ3v) is 3.54. The summed E-state index contributed by atoms with van der Waals surface area (Å²) < 4.78 is 9.98. The lowest BCUT2D eigenvalue weighted by Gasteiger charge is -2.38. The molecule has 2 bridgehead atoms. The molecule has 2 aliphatic heterocycles. The van der Waals surface area contributed by atoms with Crippen LogP contribution >= 0.6 is 0 Å². The van der Waals surface area contributed by atoms with Crippen molar-refractivity contribution in [2.75, 3.05) is 20.3 Å². The van der Waals surface area contributed by atoms with Gasteiger partial charge in [-0.15, -0.1) is 0 Å². The number of rotatable bonds is 3. The average Bonchev–Trinajstić information content (AvgIpc) is 2.79. The number of carbonyl (C=O) groups excluding carboxylic acids is 2. The van der Waals surface area contributed by atoms with Crippen molar-refractivity contribution < 1.29 is 19.1 Å². The summed E-state index contributed by atoms with van der Waals surface area (Å²) in [5.41, 5.74) is -0.729. The van der Waals surface area contributed by atoms with Gasteiger partial charge in [0.2, 0.25) is 0 Å². The van der Waals surface area contributed by atoms with Crippen molar-refractivity contribution in [3.05, 3.63) is 0 Å². The minimum atomic E-state index is -0.729. The standard InChI is InChI=1S/C12H19NO4/c1-8(2)7-17-11(15)13-6-9-4-12(13,5-9)10(14)16-3/h8-9H,4-7H2,1-3H3. The van der Waals surface area contributed by atoms with Crippen LogP contribution in [0.2, 0.25) is 0 Å². The van der Waals surface area contributed by atoms with Crippen LogP contribution in [0.25, 0.3) is 0 Å². The number of fused-ring (bicyclic) bond motifs is 1. The van der Waals surface area contributed by atoms with Crippen LogP contribution in [0, 0.1) is 11.8 Å². The highest BCUT2D eigenvalue weighted by Gasteiger charge is 2.63. The molecule has 5 nitrogen and oxygen atoms in total. The number of nitrogens with zero attached hydrogens (tertiary/aromatic N) is 1. The second-order valence-electron chi connectivity index (χ2n) is 5.38. The molecule has 3 aliphatic rings. The van der Waals surface area contributed by atoms with E-state index in [1.54, 1.807) is 4.90 Å². The molecule has 0 atom stereocenters. The molecule has 3 fully saturated rings. The Kier molecular flexibility index (Phi) is 3.02. The maximum Gasteiger partial charge on any atom is 0.410 e. The first-order chi connectivity index (χ1) is 7.99. The van der Waals surface area contributed by atoms with Crippen LogP contribution in [0.1, 0.15) is 26.7 Å². The molecule has 17 heavy (non-hydrogen) atoms. The highest BCUT2D eigenvalue weighted by molar-refractivity contribution is 5.88. The van der Waals surface area contributed by atoms with E-state index in [1.807, 2.05) is 13.8 Å². The summed E-state index contributed by atoms with van der Waals surface area (Å²) in [6.07, 6.45) is 1.05. The molecule has 2 saturated heterocycles. The number of methoxy groups -OCH3 is 1. The molecule has 0 spiro atoms. The normalized spacial score (nSPS) is 30.1. The Labute approximate surface area is 101 Å². The third-order valence-electron chi connectivity index (χ3n) is 3.54. The van der Waals surface area contributed by atoms with E-state index in [0.29, 0.717) is 25.0 Å². The summed E-state index contributed by atoms with van der Waals surface area (Å²) in [6.45, 7) is 4.96. The summed E-state index contributed by atoms with van der Waals surface area (Å²) in [4.78, 5) is 25.2. The van der Waals surface area contributed by atoms with Crippen LogP contribution in [0.3, 0.4) is 0 Å². The zero-order valence-corrected chi connectivity index (χ0v) is 10.6. The van der Waals surface area contributed by atoms with Crippen molar-refractivity contribution in [2.45, 2.75) is 32.2 Å². The topological polar surface area (TPSA) is 55.8 Å². The number of hydrogen-bond donors (Lipinski definition) is 0. The Morgan fingerprint density at radius 1 is 1.41 bits per heavy atom. The van der Waals surface area contributed by atoms with Gasteiger partial charge in [0.25, 0.3) is 0 Å². The SMILES string of the molecule is COC(=O)C12CC(CN1C(=O)OCC(C)C)C2. The smallest absolute Gasteiger partial charge is 0.410 e. The van der Waals surface area contributed by atoms with E-state index in [9.17, 15) is 9.59 Å². The van der Waals surface area contributed by atoms with Crippen LogP contribution in [-0.4, -0.2) is 42.8 Å². The van der Waals surface area contributed by atoms with Crippen molar-refractivity contribution in [3.63, 3.8) is 0 Å². The van der Waals surface area contributed by atoms with Gasteiger partial charge in [0.15, 0.2) is 0 Å². The molecule has 1 saturated carbocycles.